The second-order valence-corrected chi connectivity index (χ2v) is 6.12. The highest BCUT2D eigenvalue weighted by Gasteiger charge is 2.11. The molecule has 0 aliphatic rings. The lowest BCUT2D eigenvalue weighted by atomic mass is 10.2. The van der Waals surface area contributed by atoms with E-state index < -0.39 is 0 Å². The molecule has 2 rings (SSSR count). The third-order valence-electron chi connectivity index (χ3n) is 2.60. The zero-order valence-electron chi connectivity index (χ0n) is 10.5. The van der Waals surface area contributed by atoms with E-state index in [4.69, 9.17) is 4.98 Å². The molecule has 2 aromatic rings. The van der Waals surface area contributed by atoms with Gasteiger partial charge in [0, 0.05) is 18.3 Å². The summed E-state index contributed by atoms with van der Waals surface area (Å²) in [7, 11) is 1.91. The van der Waals surface area contributed by atoms with Crippen LogP contribution in [0.5, 0.6) is 0 Å². The first-order chi connectivity index (χ1) is 8.74. The largest absolute Gasteiger partial charge is 0.372 e. The summed E-state index contributed by atoms with van der Waals surface area (Å²) in [5, 5.41) is 5.25. The summed E-state index contributed by atoms with van der Waals surface area (Å²) in [6.45, 7) is 2.18. The van der Waals surface area contributed by atoms with Gasteiger partial charge in [0.2, 0.25) is 0 Å². The van der Waals surface area contributed by atoms with Crippen LogP contribution in [0, 0.1) is 3.57 Å². The maximum Gasteiger partial charge on any atom is 0.143 e. The number of nitrogens with one attached hydrogen (secondary N) is 1. The molecule has 18 heavy (non-hydrogen) atoms. The van der Waals surface area contributed by atoms with Crippen molar-refractivity contribution in [3.05, 3.63) is 37.5 Å². The predicted octanol–water partition coefficient (Wildman–Crippen LogP) is 3.73. The minimum atomic E-state index is 0.819. The van der Waals surface area contributed by atoms with Gasteiger partial charge in [-0.15, -0.1) is 11.3 Å². The van der Waals surface area contributed by atoms with Crippen LogP contribution in [-0.2, 0) is 12.8 Å². The van der Waals surface area contributed by atoms with Crippen molar-refractivity contribution < 1.29 is 0 Å². The van der Waals surface area contributed by atoms with Crippen molar-refractivity contribution >= 4 is 39.7 Å². The van der Waals surface area contributed by atoms with Crippen LogP contribution in [0.3, 0.4) is 0 Å². The molecule has 0 aliphatic carbocycles. The Kier molecular flexibility index (Phi) is 4.94. The molecule has 2 aromatic heterocycles. The first-order valence-electron chi connectivity index (χ1n) is 6.00. The molecule has 0 amide bonds. The van der Waals surface area contributed by atoms with Crippen molar-refractivity contribution in [2.75, 3.05) is 12.4 Å². The van der Waals surface area contributed by atoms with Gasteiger partial charge in [-0.2, -0.15) is 0 Å². The summed E-state index contributed by atoms with van der Waals surface area (Å²) in [5.41, 5.74) is 1.16. The van der Waals surface area contributed by atoms with Crippen LogP contribution in [0.2, 0.25) is 0 Å². The predicted molar refractivity (Wildman–Crippen MR) is 85.4 cm³/mol. The summed E-state index contributed by atoms with van der Waals surface area (Å²) in [6.07, 6.45) is 2.93. The maximum atomic E-state index is 4.69. The van der Waals surface area contributed by atoms with Crippen molar-refractivity contribution in [1.29, 1.82) is 0 Å². The summed E-state index contributed by atoms with van der Waals surface area (Å²) in [6, 6.07) is 4.20. The molecule has 5 heteroatoms. The lowest BCUT2D eigenvalue weighted by Gasteiger charge is -2.10. The third-order valence-corrected chi connectivity index (χ3v) is 4.61. The molecule has 0 saturated carbocycles. The summed E-state index contributed by atoms with van der Waals surface area (Å²) >= 11 is 4.08. The second kappa shape index (κ2) is 6.47. The molecule has 0 unspecified atom stereocenters. The maximum absolute atomic E-state index is 4.69. The number of aryl methyl sites for hydroxylation is 1. The fourth-order valence-electron chi connectivity index (χ4n) is 1.76. The van der Waals surface area contributed by atoms with E-state index in [2.05, 4.69) is 57.3 Å². The van der Waals surface area contributed by atoms with Crippen LogP contribution >= 0.6 is 33.9 Å². The van der Waals surface area contributed by atoms with Crippen molar-refractivity contribution in [2.24, 2.45) is 0 Å². The Labute approximate surface area is 125 Å². The van der Waals surface area contributed by atoms with Crippen LogP contribution in [-0.4, -0.2) is 17.0 Å². The van der Waals surface area contributed by atoms with Crippen molar-refractivity contribution in [2.45, 2.75) is 26.2 Å². The highest BCUT2D eigenvalue weighted by atomic mass is 127. The Balaban J connectivity index is 2.32. The standard InChI is InChI=1S/C13H16IN3S/c1-3-5-10-12(14)13(15-2)17-11(16-10)8-9-6-4-7-18-9/h4,6-7H,3,5,8H2,1-2H3,(H,15,16,17). The molecule has 0 fully saturated rings. The van der Waals surface area contributed by atoms with Gasteiger partial charge < -0.3 is 5.32 Å². The van der Waals surface area contributed by atoms with E-state index in [1.807, 2.05) is 7.05 Å². The Morgan fingerprint density at radius 1 is 1.39 bits per heavy atom. The van der Waals surface area contributed by atoms with Crippen LogP contribution in [0.15, 0.2) is 17.5 Å². The van der Waals surface area contributed by atoms with Crippen LogP contribution in [0.25, 0.3) is 0 Å². The summed E-state index contributed by atoms with van der Waals surface area (Å²) in [4.78, 5) is 10.6. The van der Waals surface area contributed by atoms with E-state index in [9.17, 15) is 0 Å². The highest BCUT2D eigenvalue weighted by Crippen LogP contribution is 2.22. The lowest BCUT2D eigenvalue weighted by molar-refractivity contribution is 0.837. The minimum absolute atomic E-state index is 0.819. The van der Waals surface area contributed by atoms with Crippen molar-refractivity contribution in [1.82, 2.24) is 9.97 Å². The summed E-state index contributed by atoms with van der Waals surface area (Å²) in [5.74, 6) is 1.85. The van der Waals surface area contributed by atoms with Gasteiger partial charge in [-0.1, -0.05) is 19.4 Å². The molecule has 0 atom stereocenters. The number of rotatable bonds is 5. The molecule has 0 aliphatic heterocycles. The van der Waals surface area contributed by atoms with Gasteiger partial charge >= 0.3 is 0 Å². The van der Waals surface area contributed by atoms with Gasteiger partial charge in [0.25, 0.3) is 0 Å². The zero-order valence-corrected chi connectivity index (χ0v) is 13.5. The zero-order chi connectivity index (χ0) is 13.0. The van der Waals surface area contributed by atoms with Crippen LogP contribution in [0.1, 0.15) is 29.7 Å². The van der Waals surface area contributed by atoms with Crippen molar-refractivity contribution in [3.63, 3.8) is 0 Å². The van der Waals surface area contributed by atoms with Crippen molar-refractivity contribution in [3.8, 4) is 0 Å². The highest BCUT2D eigenvalue weighted by molar-refractivity contribution is 14.1. The second-order valence-electron chi connectivity index (χ2n) is 4.01. The Morgan fingerprint density at radius 2 is 2.22 bits per heavy atom. The van der Waals surface area contributed by atoms with E-state index in [-0.39, 0.29) is 0 Å². The topological polar surface area (TPSA) is 37.8 Å². The number of hydrogen-bond donors (Lipinski definition) is 1. The van der Waals surface area contributed by atoms with Gasteiger partial charge in [0.1, 0.15) is 11.6 Å². The molecule has 0 spiro atoms. The third kappa shape index (κ3) is 3.20. The average molecular weight is 373 g/mol. The fourth-order valence-corrected chi connectivity index (χ4v) is 3.24. The van der Waals surface area contributed by atoms with Crippen LogP contribution < -0.4 is 5.32 Å². The fraction of sp³-hybridized carbons (Fsp3) is 0.385. The number of anilines is 1. The van der Waals surface area contributed by atoms with E-state index in [1.165, 1.54) is 4.88 Å². The van der Waals surface area contributed by atoms with E-state index in [1.54, 1.807) is 11.3 Å². The molecule has 0 bridgehead atoms. The van der Waals surface area contributed by atoms with Crippen LogP contribution in [0.4, 0.5) is 5.82 Å². The SMILES string of the molecule is CCCc1nc(Cc2cccs2)nc(NC)c1I. The first kappa shape index (κ1) is 13.7. The summed E-state index contributed by atoms with van der Waals surface area (Å²) < 4.78 is 1.15. The van der Waals surface area contributed by atoms with Gasteiger partial charge in [-0.25, -0.2) is 9.97 Å². The Hall–Kier alpha value is -0.690. The van der Waals surface area contributed by atoms with Gasteiger partial charge in [-0.3, -0.25) is 0 Å². The Bertz CT molecular complexity index is 511. The molecular weight excluding hydrogens is 357 g/mol. The quantitative estimate of drug-likeness (QED) is 0.812. The van der Waals surface area contributed by atoms with E-state index in [0.29, 0.717) is 0 Å². The first-order valence-corrected chi connectivity index (χ1v) is 7.95. The number of thiophene rings is 1. The molecule has 0 radical (unpaired) electrons. The smallest absolute Gasteiger partial charge is 0.143 e. The molecule has 0 aromatic carbocycles. The number of hydrogen-bond acceptors (Lipinski definition) is 4. The van der Waals surface area contributed by atoms with E-state index >= 15 is 0 Å². The Morgan fingerprint density at radius 3 is 2.83 bits per heavy atom. The van der Waals surface area contributed by atoms with Gasteiger partial charge in [0.15, 0.2) is 0 Å². The average Bonchev–Trinajstić information content (AvgIpc) is 2.86. The van der Waals surface area contributed by atoms with Gasteiger partial charge in [-0.05, 0) is 40.5 Å². The molecular formula is C13H16IN3S. The normalized spacial score (nSPS) is 10.6. The van der Waals surface area contributed by atoms with E-state index in [0.717, 1.165) is 40.2 Å². The molecule has 0 saturated heterocycles. The molecule has 3 nitrogen and oxygen atoms in total. The minimum Gasteiger partial charge on any atom is -0.372 e. The molecule has 2 heterocycles. The molecule has 96 valence electrons. The van der Waals surface area contributed by atoms with Gasteiger partial charge in [0.05, 0.1) is 9.26 Å². The lowest BCUT2D eigenvalue weighted by Crippen LogP contribution is -2.07. The number of halogens is 1. The molecule has 1 N–H and O–H groups in total. The number of nitrogens with zero attached hydrogens (tertiary/aromatic N) is 2. The monoisotopic (exact) mass is 373 g/mol. The number of aromatic nitrogens is 2.